The van der Waals surface area contributed by atoms with Crippen LogP contribution in [0.5, 0.6) is 0 Å². The first-order chi connectivity index (χ1) is 7.31. The lowest BCUT2D eigenvalue weighted by Gasteiger charge is -2.28. The number of nitrogens with one attached hydrogen (secondary N) is 1. The Labute approximate surface area is 91.0 Å². The Hall–Kier alpha value is -0.610. The fourth-order valence-electron chi connectivity index (χ4n) is 2.31. The van der Waals surface area contributed by atoms with E-state index in [4.69, 9.17) is 4.74 Å². The van der Waals surface area contributed by atoms with Crippen LogP contribution in [0.2, 0.25) is 0 Å². The lowest BCUT2D eigenvalue weighted by atomic mass is 10.1. The molecule has 86 valence electrons. The molecule has 1 N–H and O–H groups in total. The molecule has 1 atom stereocenters. The maximum atomic E-state index is 11.3. The minimum absolute atomic E-state index is 0.0886. The second-order valence-corrected chi connectivity index (χ2v) is 4.46. The predicted molar refractivity (Wildman–Crippen MR) is 57.6 cm³/mol. The summed E-state index contributed by atoms with van der Waals surface area (Å²) < 4.78 is 4.75. The Morgan fingerprint density at radius 2 is 2.33 bits per heavy atom. The molecule has 2 fully saturated rings. The van der Waals surface area contributed by atoms with Gasteiger partial charge >= 0.3 is 5.97 Å². The SMILES string of the molecule is COC(=O)CC1CNCCCN1C1CC1. The number of nitrogens with zero attached hydrogens (tertiary/aromatic N) is 1. The third-order valence-corrected chi connectivity index (χ3v) is 3.26. The molecule has 1 aliphatic carbocycles. The van der Waals surface area contributed by atoms with E-state index >= 15 is 0 Å². The minimum Gasteiger partial charge on any atom is -0.469 e. The second kappa shape index (κ2) is 4.94. The maximum Gasteiger partial charge on any atom is 0.307 e. The van der Waals surface area contributed by atoms with Crippen molar-refractivity contribution in [2.75, 3.05) is 26.7 Å². The van der Waals surface area contributed by atoms with E-state index in [0.29, 0.717) is 12.5 Å². The number of esters is 1. The van der Waals surface area contributed by atoms with Gasteiger partial charge < -0.3 is 10.1 Å². The van der Waals surface area contributed by atoms with Crippen molar-refractivity contribution < 1.29 is 9.53 Å². The Kier molecular flexibility index (Phi) is 3.59. The summed E-state index contributed by atoms with van der Waals surface area (Å²) in [7, 11) is 1.47. The quantitative estimate of drug-likeness (QED) is 0.687. The molecule has 0 aromatic rings. The molecule has 0 aromatic carbocycles. The predicted octanol–water partition coefficient (Wildman–Crippen LogP) is 0.376. The summed E-state index contributed by atoms with van der Waals surface area (Å²) in [5.74, 6) is -0.0886. The first-order valence-corrected chi connectivity index (χ1v) is 5.84. The van der Waals surface area contributed by atoms with Crippen molar-refractivity contribution in [1.82, 2.24) is 10.2 Å². The standard InChI is InChI=1S/C11H20N2O2/c1-15-11(14)7-10-8-12-5-2-6-13(10)9-3-4-9/h9-10,12H,2-8H2,1H3. The molecule has 4 nitrogen and oxygen atoms in total. The molecule has 0 amide bonds. The summed E-state index contributed by atoms with van der Waals surface area (Å²) in [6, 6.07) is 1.08. The first-order valence-electron chi connectivity index (χ1n) is 5.84. The number of rotatable bonds is 3. The van der Waals surface area contributed by atoms with E-state index in [2.05, 4.69) is 10.2 Å². The number of hydrogen-bond acceptors (Lipinski definition) is 4. The van der Waals surface area contributed by atoms with Crippen LogP contribution >= 0.6 is 0 Å². The van der Waals surface area contributed by atoms with Crippen LogP contribution in [-0.4, -0.2) is 49.7 Å². The van der Waals surface area contributed by atoms with E-state index in [1.807, 2.05) is 0 Å². The van der Waals surface area contributed by atoms with Gasteiger partial charge in [0.25, 0.3) is 0 Å². The number of carbonyl (C=O) groups excluding carboxylic acids is 1. The van der Waals surface area contributed by atoms with Gasteiger partial charge in [0.2, 0.25) is 0 Å². The molecule has 0 bridgehead atoms. The molecule has 0 spiro atoms. The van der Waals surface area contributed by atoms with E-state index < -0.39 is 0 Å². The molecular formula is C11H20N2O2. The Balaban J connectivity index is 1.93. The summed E-state index contributed by atoms with van der Waals surface area (Å²) in [4.78, 5) is 13.8. The monoisotopic (exact) mass is 212 g/mol. The van der Waals surface area contributed by atoms with Gasteiger partial charge in [0.1, 0.15) is 0 Å². The zero-order valence-corrected chi connectivity index (χ0v) is 9.37. The largest absolute Gasteiger partial charge is 0.469 e. The van der Waals surface area contributed by atoms with Crippen molar-refractivity contribution in [3.8, 4) is 0 Å². The fraction of sp³-hybridized carbons (Fsp3) is 0.909. The van der Waals surface area contributed by atoms with Gasteiger partial charge in [-0.3, -0.25) is 9.69 Å². The lowest BCUT2D eigenvalue weighted by molar-refractivity contribution is -0.142. The molecule has 1 unspecified atom stereocenters. The van der Waals surface area contributed by atoms with Gasteiger partial charge in [-0.2, -0.15) is 0 Å². The summed E-state index contributed by atoms with van der Waals surface area (Å²) in [6.45, 7) is 3.12. The van der Waals surface area contributed by atoms with Gasteiger partial charge in [-0.05, 0) is 32.4 Å². The average molecular weight is 212 g/mol. The van der Waals surface area contributed by atoms with Gasteiger partial charge in [-0.1, -0.05) is 0 Å². The molecule has 1 heterocycles. The fourth-order valence-corrected chi connectivity index (χ4v) is 2.31. The topological polar surface area (TPSA) is 41.6 Å². The third-order valence-electron chi connectivity index (χ3n) is 3.26. The molecular weight excluding hydrogens is 192 g/mol. The van der Waals surface area contributed by atoms with Gasteiger partial charge in [-0.25, -0.2) is 0 Å². The van der Waals surface area contributed by atoms with Crippen molar-refractivity contribution in [1.29, 1.82) is 0 Å². The van der Waals surface area contributed by atoms with Crippen molar-refractivity contribution in [2.24, 2.45) is 0 Å². The lowest BCUT2D eigenvalue weighted by Crippen LogP contribution is -2.42. The van der Waals surface area contributed by atoms with E-state index in [9.17, 15) is 4.79 Å². The molecule has 2 aliphatic rings. The molecule has 1 saturated carbocycles. The average Bonchev–Trinajstić information content (AvgIpc) is 3.02. The van der Waals surface area contributed by atoms with Gasteiger partial charge in [0.05, 0.1) is 13.5 Å². The number of hydrogen-bond donors (Lipinski definition) is 1. The number of carbonyl (C=O) groups is 1. The molecule has 1 saturated heterocycles. The summed E-state index contributed by atoms with van der Waals surface area (Å²) >= 11 is 0. The third kappa shape index (κ3) is 2.92. The zero-order chi connectivity index (χ0) is 10.7. The van der Waals surface area contributed by atoms with E-state index in [1.54, 1.807) is 0 Å². The number of ether oxygens (including phenoxy) is 1. The van der Waals surface area contributed by atoms with E-state index in [-0.39, 0.29) is 5.97 Å². The maximum absolute atomic E-state index is 11.3. The highest BCUT2D eigenvalue weighted by Gasteiger charge is 2.35. The first kappa shape index (κ1) is 10.9. The van der Waals surface area contributed by atoms with Gasteiger partial charge in [0.15, 0.2) is 0 Å². The van der Waals surface area contributed by atoms with Crippen LogP contribution in [-0.2, 0) is 9.53 Å². The second-order valence-electron chi connectivity index (χ2n) is 4.46. The Bertz CT molecular complexity index is 229. The summed E-state index contributed by atoms with van der Waals surface area (Å²) in [6.07, 6.45) is 4.32. The van der Waals surface area contributed by atoms with Crippen LogP contribution in [0.4, 0.5) is 0 Å². The number of methoxy groups -OCH3 is 1. The van der Waals surface area contributed by atoms with Crippen LogP contribution in [0.1, 0.15) is 25.7 Å². The van der Waals surface area contributed by atoms with Crippen molar-refractivity contribution >= 4 is 5.97 Å². The highest BCUT2D eigenvalue weighted by atomic mass is 16.5. The summed E-state index contributed by atoms with van der Waals surface area (Å²) in [5, 5.41) is 3.39. The molecule has 0 aromatic heterocycles. The molecule has 1 aliphatic heterocycles. The normalized spacial score (nSPS) is 28.5. The highest BCUT2D eigenvalue weighted by Crippen LogP contribution is 2.30. The van der Waals surface area contributed by atoms with Crippen molar-refractivity contribution in [3.05, 3.63) is 0 Å². The summed E-state index contributed by atoms with van der Waals surface area (Å²) in [5.41, 5.74) is 0. The molecule has 15 heavy (non-hydrogen) atoms. The zero-order valence-electron chi connectivity index (χ0n) is 9.37. The van der Waals surface area contributed by atoms with Crippen molar-refractivity contribution in [2.45, 2.75) is 37.8 Å². The Morgan fingerprint density at radius 1 is 1.53 bits per heavy atom. The van der Waals surface area contributed by atoms with E-state index in [1.165, 1.54) is 26.4 Å². The molecule has 2 rings (SSSR count). The highest BCUT2D eigenvalue weighted by molar-refractivity contribution is 5.70. The van der Waals surface area contributed by atoms with Crippen LogP contribution in [0.25, 0.3) is 0 Å². The van der Waals surface area contributed by atoms with E-state index in [0.717, 1.165) is 25.7 Å². The Morgan fingerprint density at radius 3 is 3.00 bits per heavy atom. The van der Waals surface area contributed by atoms with Crippen LogP contribution in [0.3, 0.4) is 0 Å². The van der Waals surface area contributed by atoms with Crippen molar-refractivity contribution in [3.63, 3.8) is 0 Å². The van der Waals surface area contributed by atoms with Crippen LogP contribution in [0, 0.1) is 0 Å². The van der Waals surface area contributed by atoms with Gasteiger partial charge in [0, 0.05) is 18.6 Å². The smallest absolute Gasteiger partial charge is 0.307 e. The minimum atomic E-state index is -0.0886. The van der Waals surface area contributed by atoms with Crippen LogP contribution in [0.15, 0.2) is 0 Å². The molecule has 0 radical (unpaired) electrons. The van der Waals surface area contributed by atoms with Crippen LogP contribution < -0.4 is 5.32 Å². The molecule has 4 heteroatoms. The van der Waals surface area contributed by atoms with Gasteiger partial charge in [-0.15, -0.1) is 0 Å².